The molecule has 1 aliphatic rings. The molecule has 1 aromatic carbocycles. The number of hydrogen-bond acceptors (Lipinski definition) is 1. The van der Waals surface area contributed by atoms with Crippen molar-refractivity contribution in [2.45, 2.75) is 26.7 Å². The predicted molar refractivity (Wildman–Crippen MR) is 69.9 cm³/mol. The fourth-order valence-electron chi connectivity index (χ4n) is 1.66. The zero-order chi connectivity index (χ0) is 12.3. The van der Waals surface area contributed by atoms with Gasteiger partial charge in [-0.2, -0.15) is 0 Å². The number of rotatable bonds is 3. The third kappa shape index (κ3) is 3.63. The van der Waals surface area contributed by atoms with Crippen LogP contribution in [0.1, 0.15) is 24.0 Å². The monoisotopic (exact) mass is 230 g/mol. The summed E-state index contributed by atoms with van der Waals surface area (Å²) < 4.78 is 0. The number of urea groups is 1. The number of allylic oxidation sites excluding steroid dienone is 1. The molecule has 0 spiro atoms. The molecule has 2 amide bonds. The fraction of sp³-hybridized carbons (Fsp3) is 0.357. The lowest BCUT2D eigenvalue weighted by Crippen LogP contribution is -2.24. The second-order valence-corrected chi connectivity index (χ2v) is 4.61. The number of carbonyl (C=O) groups excluding carboxylic acids is 1. The molecule has 0 radical (unpaired) electrons. The molecule has 3 nitrogen and oxygen atoms in total. The van der Waals surface area contributed by atoms with E-state index in [1.807, 2.05) is 32.1 Å². The number of aryl methyl sites for hydroxylation is 2. The minimum absolute atomic E-state index is 0.186. The zero-order valence-electron chi connectivity index (χ0n) is 10.3. The molecule has 0 aliphatic heterocycles. The van der Waals surface area contributed by atoms with Crippen LogP contribution in [-0.4, -0.2) is 6.03 Å². The highest BCUT2D eigenvalue weighted by Crippen LogP contribution is 2.29. The highest BCUT2D eigenvalue weighted by molar-refractivity contribution is 5.90. The van der Waals surface area contributed by atoms with E-state index >= 15 is 0 Å². The van der Waals surface area contributed by atoms with Gasteiger partial charge in [0, 0.05) is 11.9 Å². The highest BCUT2D eigenvalue weighted by atomic mass is 16.2. The fourth-order valence-corrected chi connectivity index (χ4v) is 1.66. The molecule has 0 atom stereocenters. The van der Waals surface area contributed by atoms with Crippen LogP contribution in [0, 0.1) is 19.8 Å². The van der Waals surface area contributed by atoms with E-state index in [1.165, 1.54) is 18.4 Å². The molecule has 0 saturated heterocycles. The van der Waals surface area contributed by atoms with Crippen molar-refractivity contribution in [3.8, 4) is 0 Å². The number of carbonyl (C=O) groups is 1. The van der Waals surface area contributed by atoms with Crippen LogP contribution in [0.2, 0.25) is 0 Å². The van der Waals surface area contributed by atoms with Crippen molar-refractivity contribution in [1.82, 2.24) is 5.32 Å². The number of benzene rings is 1. The predicted octanol–water partition coefficient (Wildman–Crippen LogP) is 3.35. The molecule has 0 aromatic heterocycles. The average Bonchev–Trinajstić information content (AvgIpc) is 3.06. The first-order valence-corrected chi connectivity index (χ1v) is 5.96. The normalized spacial score (nSPS) is 14.9. The van der Waals surface area contributed by atoms with Gasteiger partial charge in [-0.15, -0.1) is 0 Å². The molecule has 0 unspecified atom stereocenters. The summed E-state index contributed by atoms with van der Waals surface area (Å²) in [7, 11) is 0. The van der Waals surface area contributed by atoms with E-state index in [4.69, 9.17) is 0 Å². The third-order valence-corrected chi connectivity index (χ3v) is 2.83. The van der Waals surface area contributed by atoms with Crippen molar-refractivity contribution in [3.05, 3.63) is 41.6 Å². The van der Waals surface area contributed by atoms with Crippen molar-refractivity contribution in [3.63, 3.8) is 0 Å². The van der Waals surface area contributed by atoms with Crippen LogP contribution in [-0.2, 0) is 0 Å². The number of hydrogen-bond donors (Lipinski definition) is 2. The summed E-state index contributed by atoms with van der Waals surface area (Å²) in [6.07, 6.45) is 6.27. The van der Waals surface area contributed by atoms with Gasteiger partial charge in [0.15, 0.2) is 0 Å². The van der Waals surface area contributed by atoms with Gasteiger partial charge in [-0.05, 0) is 44.2 Å². The first kappa shape index (κ1) is 11.7. The smallest absolute Gasteiger partial charge is 0.315 e. The van der Waals surface area contributed by atoms with E-state index in [1.54, 1.807) is 6.20 Å². The first-order chi connectivity index (χ1) is 8.15. The van der Waals surface area contributed by atoms with Crippen LogP contribution in [0.5, 0.6) is 0 Å². The zero-order valence-corrected chi connectivity index (χ0v) is 10.3. The number of amides is 2. The first-order valence-electron chi connectivity index (χ1n) is 5.96. The second-order valence-electron chi connectivity index (χ2n) is 4.61. The quantitative estimate of drug-likeness (QED) is 0.821. The van der Waals surface area contributed by atoms with Crippen LogP contribution in [0.15, 0.2) is 30.5 Å². The summed E-state index contributed by atoms with van der Waals surface area (Å²) in [6, 6.07) is 5.78. The Bertz CT molecular complexity index is 448. The molecule has 0 bridgehead atoms. The Hall–Kier alpha value is -1.77. The van der Waals surface area contributed by atoms with Gasteiger partial charge in [0.25, 0.3) is 0 Å². The van der Waals surface area contributed by atoms with E-state index in [0.717, 1.165) is 11.3 Å². The highest BCUT2D eigenvalue weighted by Gasteiger charge is 2.17. The van der Waals surface area contributed by atoms with Gasteiger partial charge < -0.3 is 10.6 Å². The lowest BCUT2D eigenvalue weighted by atomic mass is 10.1. The van der Waals surface area contributed by atoms with Gasteiger partial charge in [0.2, 0.25) is 0 Å². The van der Waals surface area contributed by atoms with Gasteiger partial charge in [-0.3, -0.25) is 0 Å². The minimum atomic E-state index is -0.186. The van der Waals surface area contributed by atoms with Crippen LogP contribution in [0.3, 0.4) is 0 Å². The summed E-state index contributed by atoms with van der Waals surface area (Å²) in [6.45, 7) is 4.03. The van der Waals surface area contributed by atoms with Crippen molar-refractivity contribution in [2.75, 3.05) is 5.32 Å². The maximum Gasteiger partial charge on any atom is 0.323 e. The summed E-state index contributed by atoms with van der Waals surface area (Å²) in [5.41, 5.74) is 3.13. The van der Waals surface area contributed by atoms with Gasteiger partial charge in [0.05, 0.1) is 0 Å². The van der Waals surface area contributed by atoms with Gasteiger partial charge >= 0.3 is 6.03 Å². The number of nitrogens with one attached hydrogen (secondary N) is 2. The summed E-state index contributed by atoms with van der Waals surface area (Å²) in [4.78, 5) is 11.6. The van der Waals surface area contributed by atoms with Crippen molar-refractivity contribution < 1.29 is 4.79 Å². The Kier molecular flexibility index (Phi) is 3.47. The number of anilines is 1. The SMILES string of the molecule is Cc1ccc(NC(=O)N/C=C/C2CC2)c(C)c1. The van der Waals surface area contributed by atoms with Crippen molar-refractivity contribution >= 4 is 11.7 Å². The van der Waals surface area contributed by atoms with Crippen molar-refractivity contribution in [2.24, 2.45) is 5.92 Å². The van der Waals surface area contributed by atoms with E-state index in [2.05, 4.69) is 16.7 Å². The van der Waals surface area contributed by atoms with Gasteiger partial charge in [-0.25, -0.2) is 4.79 Å². The Labute approximate surface area is 102 Å². The van der Waals surface area contributed by atoms with E-state index < -0.39 is 0 Å². The molecule has 2 N–H and O–H groups in total. The lowest BCUT2D eigenvalue weighted by Gasteiger charge is -2.08. The summed E-state index contributed by atoms with van der Waals surface area (Å²) in [5.74, 6) is 0.677. The topological polar surface area (TPSA) is 41.1 Å². The molecule has 1 saturated carbocycles. The van der Waals surface area contributed by atoms with Gasteiger partial charge in [-0.1, -0.05) is 23.8 Å². The van der Waals surface area contributed by atoms with Crippen LogP contribution in [0.4, 0.5) is 10.5 Å². The largest absolute Gasteiger partial charge is 0.323 e. The lowest BCUT2D eigenvalue weighted by molar-refractivity contribution is 0.255. The molecule has 1 aliphatic carbocycles. The Morgan fingerprint density at radius 2 is 2.12 bits per heavy atom. The maximum absolute atomic E-state index is 11.6. The Morgan fingerprint density at radius 3 is 2.76 bits per heavy atom. The maximum atomic E-state index is 11.6. The molecular formula is C14H18N2O. The van der Waals surface area contributed by atoms with Crippen LogP contribution >= 0.6 is 0 Å². The Balaban J connectivity index is 1.88. The molecule has 1 fully saturated rings. The average molecular weight is 230 g/mol. The molecular weight excluding hydrogens is 212 g/mol. The van der Waals surface area contributed by atoms with Crippen LogP contribution < -0.4 is 10.6 Å². The molecule has 0 heterocycles. The van der Waals surface area contributed by atoms with E-state index in [-0.39, 0.29) is 6.03 Å². The van der Waals surface area contributed by atoms with E-state index in [0.29, 0.717) is 5.92 Å². The molecule has 3 heteroatoms. The summed E-state index contributed by atoms with van der Waals surface area (Å²) in [5, 5.41) is 5.54. The molecule has 90 valence electrons. The van der Waals surface area contributed by atoms with E-state index in [9.17, 15) is 4.79 Å². The second kappa shape index (κ2) is 5.04. The van der Waals surface area contributed by atoms with Crippen LogP contribution in [0.25, 0.3) is 0 Å². The Morgan fingerprint density at radius 1 is 1.35 bits per heavy atom. The molecule has 1 aromatic rings. The van der Waals surface area contributed by atoms with Crippen molar-refractivity contribution in [1.29, 1.82) is 0 Å². The van der Waals surface area contributed by atoms with Gasteiger partial charge in [0.1, 0.15) is 0 Å². The standard InChI is InChI=1S/C14H18N2O/c1-10-3-6-13(11(2)9-10)16-14(17)15-8-7-12-4-5-12/h3,6-9,12H,4-5H2,1-2H3,(H2,15,16,17)/b8-7+. The third-order valence-electron chi connectivity index (χ3n) is 2.83. The summed E-state index contributed by atoms with van der Waals surface area (Å²) >= 11 is 0. The molecule has 2 rings (SSSR count). The minimum Gasteiger partial charge on any atom is -0.315 e. The molecule has 17 heavy (non-hydrogen) atoms.